The molecule has 0 fully saturated rings. The first kappa shape index (κ1) is 13.6. The van der Waals surface area contributed by atoms with Crippen LogP contribution in [-0.2, 0) is 0 Å². The van der Waals surface area contributed by atoms with Crippen molar-refractivity contribution < 1.29 is 0 Å². The van der Waals surface area contributed by atoms with Crippen LogP contribution in [-0.4, -0.2) is 10.5 Å². The first-order valence-corrected chi connectivity index (χ1v) is 6.92. The first-order valence-electron chi connectivity index (χ1n) is 5.98. The topological polar surface area (TPSA) is 26.0 Å². The zero-order chi connectivity index (χ0) is 12.1. The van der Waals surface area contributed by atoms with Gasteiger partial charge in [-0.3, -0.25) is 0 Å². The number of nitrogens with two attached hydrogens (primary N) is 1. The van der Waals surface area contributed by atoms with Crippen LogP contribution in [0.4, 0.5) is 0 Å². The Morgan fingerprint density at radius 1 is 1.00 bits per heavy atom. The molecule has 0 radical (unpaired) electrons. The molecule has 1 aromatic carbocycles. The van der Waals surface area contributed by atoms with Crippen molar-refractivity contribution in [1.82, 2.24) is 0 Å². The molecule has 2 atom stereocenters. The monoisotopic (exact) mass is 237 g/mol. The van der Waals surface area contributed by atoms with Gasteiger partial charge < -0.3 is 5.73 Å². The summed E-state index contributed by atoms with van der Waals surface area (Å²) in [7, 11) is 0. The fourth-order valence-corrected chi connectivity index (χ4v) is 3.10. The second-order valence-corrected chi connectivity index (χ2v) is 6.59. The average Bonchev–Trinajstić information content (AvgIpc) is 2.25. The molecule has 0 saturated carbocycles. The Morgan fingerprint density at radius 2 is 1.56 bits per heavy atom. The smallest absolute Gasteiger partial charge is 0.0418 e. The molecule has 0 aromatic heterocycles. The van der Waals surface area contributed by atoms with E-state index in [1.54, 1.807) is 0 Å². The van der Waals surface area contributed by atoms with Gasteiger partial charge in [-0.05, 0) is 16.7 Å². The Bertz CT molecular complexity index is 295. The van der Waals surface area contributed by atoms with E-state index in [4.69, 9.17) is 5.73 Å². The van der Waals surface area contributed by atoms with Crippen LogP contribution in [0.15, 0.2) is 30.3 Å². The molecule has 1 rings (SSSR count). The largest absolute Gasteiger partial charge is 0.323 e. The van der Waals surface area contributed by atoms with Crippen LogP contribution < -0.4 is 5.73 Å². The van der Waals surface area contributed by atoms with Crippen molar-refractivity contribution in [2.75, 3.05) is 0 Å². The third-order valence-corrected chi connectivity index (χ3v) is 4.32. The summed E-state index contributed by atoms with van der Waals surface area (Å²) >= 11 is 1.99. The molecular weight excluding hydrogens is 214 g/mol. The minimum absolute atomic E-state index is 0.133. The summed E-state index contributed by atoms with van der Waals surface area (Å²) in [5.41, 5.74) is 7.61. The zero-order valence-corrected chi connectivity index (χ0v) is 11.5. The standard InChI is InChI=1S/C14H23NS/c1-10(2)14(16-11(3)4)13(15)12-8-6-5-7-9-12/h5-11,13-14H,15H2,1-4H3. The second-order valence-electron chi connectivity index (χ2n) is 4.83. The van der Waals surface area contributed by atoms with Crippen LogP contribution in [0.1, 0.15) is 39.3 Å². The predicted molar refractivity (Wildman–Crippen MR) is 74.7 cm³/mol. The minimum Gasteiger partial charge on any atom is -0.323 e. The molecule has 2 N–H and O–H groups in total. The summed E-state index contributed by atoms with van der Waals surface area (Å²) in [6.07, 6.45) is 0. The average molecular weight is 237 g/mol. The zero-order valence-electron chi connectivity index (χ0n) is 10.7. The number of rotatable bonds is 5. The van der Waals surface area contributed by atoms with E-state index in [0.717, 1.165) is 0 Å². The summed E-state index contributed by atoms with van der Waals surface area (Å²) in [4.78, 5) is 0. The number of thioether (sulfide) groups is 1. The van der Waals surface area contributed by atoms with Gasteiger partial charge >= 0.3 is 0 Å². The van der Waals surface area contributed by atoms with Gasteiger partial charge in [0, 0.05) is 11.3 Å². The Hall–Kier alpha value is -0.470. The Kier molecular flexibility index (Phi) is 5.36. The van der Waals surface area contributed by atoms with Gasteiger partial charge in [0.2, 0.25) is 0 Å². The van der Waals surface area contributed by atoms with Crippen LogP contribution in [0, 0.1) is 5.92 Å². The van der Waals surface area contributed by atoms with E-state index in [1.165, 1.54) is 5.56 Å². The molecule has 16 heavy (non-hydrogen) atoms. The lowest BCUT2D eigenvalue weighted by molar-refractivity contribution is 0.526. The lowest BCUT2D eigenvalue weighted by atomic mass is 9.97. The third kappa shape index (κ3) is 3.84. The van der Waals surface area contributed by atoms with Gasteiger partial charge in [0.05, 0.1) is 0 Å². The van der Waals surface area contributed by atoms with Gasteiger partial charge in [-0.15, -0.1) is 0 Å². The van der Waals surface area contributed by atoms with Crippen LogP contribution in [0.2, 0.25) is 0 Å². The highest BCUT2D eigenvalue weighted by molar-refractivity contribution is 8.00. The van der Waals surface area contributed by atoms with E-state index in [1.807, 2.05) is 17.8 Å². The highest BCUT2D eigenvalue weighted by atomic mass is 32.2. The van der Waals surface area contributed by atoms with Crippen molar-refractivity contribution in [1.29, 1.82) is 0 Å². The Labute approximate surface area is 104 Å². The van der Waals surface area contributed by atoms with E-state index >= 15 is 0 Å². The number of hydrogen-bond acceptors (Lipinski definition) is 2. The van der Waals surface area contributed by atoms with E-state index in [0.29, 0.717) is 16.4 Å². The van der Waals surface area contributed by atoms with E-state index < -0.39 is 0 Å². The molecule has 0 heterocycles. The van der Waals surface area contributed by atoms with Gasteiger partial charge in [-0.25, -0.2) is 0 Å². The van der Waals surface area contributed by atoms with Crippen molar-refractivity contribution in [2.24, 2.45) is 11.7 Å². The summed E-state index contributed by atoms with van der Waals surface area (Å²) < 4.78 is 0. The molecule has 0 amide bonds. The molecule has 0 aliphatic carbocycles. The maximum absolute atomic E-state index is 6.37. The highest BCUT2D eigenvalue weighted by Crippen LogP contribution is 2.32. The molecule has 0 aliphatic rings. The van der Waals surface area contributed by atoms with Gasteiger partial charge in [-0.1, -0.05) is 58.0 Å². The van der Waals surface area contributed by atoms with Crippen molar-refractivity contribution in [3.63, 3.8) is 0 Å². The van der Waals surface area contributed by atoms with Gasteiger partial charge in [-0.2, -0.15) is 11.8 Å². The number of benzene rings is 1. The van der Waals surface area contributed by atoms with E-state index in [9.17, 15) is 0 Å². The van der Waals surface area contributed by atoms with Crippen molar-refractivity contribution in [3.8, 4) is 0 Å². The molecule has 1 nitrogen and oxygen atoms in total. The van der Waals surface area contributed by atoms with Crippen molar-refractivity contribution in [3.05, 3.63) is 35.9 Å². The Morgan fingerprint density at radius 3 is 2.00 bits per heavy atom. The summed E-state index contributed by atoms with van der Waals surface area (Å²) in [5.74, 6) is 0.600. The SMILES string of the molecule is CC(C)SC(C(C)C)C(N)c1ccccc1. The maximum Gasteiger partial charge on any atom is 0.0418 e. The first-order chi connectivity index (χ1) is 7.52. The molecule has 0 spiro atoms. The number of hydrogen-bond donors (Lipinski definition) is 1. The maximum atomic E-state index is 6.37. The molecule has 0 saturated heterocycles. The predicted octanol–water partition coefficient (Wildman–Crippen LogP) is 3.85. The molecule has 0 aliphatic heterocycles. The van der Waals surface area contributed by atoms with Gasteiger partial charge in [0.1, 0.15) is 0 Å². The fourth-order valence-electron chi connectivity index (χ4n) is 1.84. The summed E-state index contributed by atoms with van der Waals surface area (Å²) in [6.45, 7) is 8.97. The quantitative estimate of drug-likeness (QED) is 0.841. The van der Waals surface area contributed by atoms with Gasteiger partial charge in [0.15, 0.2) is 0 Å². The van der Waals surface area contributed by atoms with Crippen LogP contribution >= 0.6 is 11.8 Å². The Balaban J connectivity index is 2.79. The second kappa shape index (κ2) is 6.31. The highest BCUT2D eigenvalue weighted by Gasteiger charge is 2.23. The van der Waals surface area contributed by atoms with Crippen molar-refractivity contribution in [2.45, 2.75) is 44.2 Å². The lowest BCUT2D eigenvalue weighted by Crippen LogP contribution is -2.29. The minimum atomic E-state index is 0.133. The molecule has 90 valence electrons. The van der Waals surface area contributed by atoms with E-state index in [-0.39, 0.29) is 6.04 Å². The van der Waals surface area contributed by atoms with Crippen LogP contribution in [0.3, 0.4) is 0 Å². The van der Waals surface area contributed by atoms with E-state index in [2.05, 4.69) is 52.0 Å². The van der Waals surface area contributed by atoms with Gasteiger partial charge in [0.25, 0.3) is 0 Å². The fraction of sp³-hybridized carbons (Fsp3) is 0.571. The van der Waals surface area contributed by atoms with Crippen LogP contribution in [0.5, 0.6) is 0 Å². The molecular formula is C14H23NS. The molecule has 0 bridgehead atoms. The summed E-state index contributed by atoms with van der Waals surface area (Å²) in [6, 6.07) is 10.5. The lowest BCUT2D eigenvalue weighted by Gasteiger charge is -2.28. The summed E-state index contributed by atoms with van der Waals surface area (Å²) in [5, 5.41) is 1.12. The molecule has 2 heteroatoms. The van der Waals surface area contributed by atoms with Crippen LogP contribution in [0.25, 0.3) is 0 Å². The molecule has 2 unspecified atom stereocenters. The van der Waals surface area contributed by atoms with Crippen molar-refractivity contribution >= 4 is 11.8 Å². The third-order valence-electron chi connectivity index (χ3n) is 2.62. The normalized spacial score (nSPS) is 15.4. The molecule has 1 aromatic rings.